The van der Waals surface area contributed by atoms with Crippen LogP contribution in [0.25, 0.3) is 10.9 Å². The van der Waals surface area contributed by atoms with Crippen LogP contribution < -0.4 is 5.73 Å². The number of aliphatic imine (C=N–C) groups is 1. The summed E-state index contributed by atoms with van der Waals surface area (Å²) >= 11 is 6.65. The van der Waals surface area contributed by atoms with Crippen LogP contribution in [0.15, 0.2) is 64.8 Å². The number of aromatic nitrogens is 1. The standard InChI is InChI=1S/C33H34ClF2N3O/c1-6-23-14-29-25(11-18(23)2)15-30(39-29)33(40)26(21(5)37)17-38-16-20(4)31-19(3)10-22(13-27(31)34)12-24-8-7-9-28(35)32(24)36/h7-11,13-15,17,20,39H,6,12,16,37H2,1-5H3/b26-21-,38-17-. The number of ketones is 1. The van der Waals surface area contributed by atoms with Crippen molar-refractivity contribution in [2.75, 3.05) is 6.54 Å². The minimum absolute atomic E-state index is 0.0540. The molecule has 1 atom stereocenters. The van der Waals surface area contributed by atoms with Crippen molar-refractivity contribution in [2.45, 2.75) is 53.4 Å². The highest BCUT2D eigenvalue weighted by atomic mass is 35.5. The fraction of sp³-hybridized carbons (Fsp3) is 0.273. The van der Waals surface area contributed by atoms with Gasteiger partial charge in [0.15, 0.2) is 11.6 Å². The number of nitrogens with zero attached hydrogens (tertiary/aromatic N) is 1. The molecule has 1 heterocycles. The number of H-pyrrole nitrogens is 1. The van der Waals surface area contributed by atoms with Crippen molar-refractivity contribution in [1.29, 1.82) is 0 Å². The van der Waals surface area contributed by atoms with Crippen molar-refractivity contribution in [1.82, 2.24) is 4.98 Å². The predicted octanol–water partition coefficient (Wildman–Crippen LogP) is 8.16. The van der Waals surface area contributed by atoms with Crippen molar-refractivity contribution >= 4 is 34.5 Å². The topological polar surface area (TPSA) is 71.2 Å². The maximum absolute atomic E-state index is 14.2. The third-order valence-electron chi connectivity index (χ3n) is 7.29. The molecular weight excluding hydrogens is 528 g/mol. The number of benzene rings is 3. The van der Waals surface area contributed by atoms with Crippen molar-refractivity contribution in [3.05, 3.63) is 116 Å². The second-order valence-electron chi connectivity index (χ2n) is 10.4. The Morgan fingerprint density at radius 1 is 1.10 bits per heavy atom. The van der Waals surface area contributed by atoms with Gasteiger partial charge in [0.1, 0.15) is 0 Å². The molecule has 3 N–H and O–H groups in total. The molecule has 0 saturated carbocycles. The maximum atomic E-state index is 14.2. The highest BCUT2D eigenvalue weighted by Crippen LogP contribution is 2.31. The van der Waals surface area contributed by atoms with Gasteiger partial charge in [-0.15, -0.1) is 0 Å². The van der Waals surface area contributed by atoms with E-state index >= 15 is 0 Å². The number of fused-ring (bicyclic) bond motifs is 1. The van der Waals surface area contributed by atoms with Crippen LogP contribution in [-0.2, 0) is 12.8 Å². The zero-order chi connectivity index (χ0) is 29.1. The number of carbonyl (C=O) groups is 1. The molecule has 0 fully saturated rings. The predicted molar refractivity (Wildman–Crippen MR) is 161 cm³/mol. The highest BCUT2D eigenvalue weighted by molar-refractivity contribution is 6.31. The first-order valence-electron chi connectivity index (χ1n) is 13.3. The number of hydrogen-bond acceptors (Lipinski definition) is 3. The Balaban J connectivity index is 1.50. The summed E-state index contributed by atoms with van der Waals surface area (Å²) in [5.41, 5.74) is 13.5. The van der Waals surface area contributed by atoms with E-state index in [1.54, 1.807) is 19.1 Å². The largest absolute Gasteiger partial charge is 0.402 e. The summed E-state index contributed by atoms with van der Waals surface area (Å²) in [6, 6.07) is 13.9. The molecule has 4 rings (SSSR count). The summed E-state index contributed by atoms with van der Waals surface area (Å²) in [7, 11) is 0. The van der Waals surface area contributed by atoms with Gasteiger partial charge < -0.3 is 10.7 Å². The number of aromatic amines is 1. The Morgan fingerprint density at radius 3 is 2.52 bits per heavy atom. The van der Waals surface area contributed by atoms with E-state index in [2.05, 4.69) is 36.0 Å². The number of carbonyl (C=O) groups excluding carboxylic acids is 1. The SMILES string of the molecule is CCc1cc2[nH]c(C(=O)C(/C=N\CC(C)c3c(C)cc(Cc4cccc(F)c4F)cc3Cl)=C(/C)N)cc2cc1C. The number of nitrogens with two attached hydrogens (primary N) is 1. The third-order valence-corrected chi connectivity index (χ3v) is 7.60. The molecule has 0 amide bonds. The number of hydrogen-bond donors (Lipinski definition) is 2. The van der Waals surface area contributed by atoms with Gasteiger partial charge in [0, 0.05) is 46.7 Å². The zero-order valence-electron chi connectivity index (χ0n) is 23.5. The van der Waals surface area contributed by atoms with Crippen molar-refractivity contribution in [3.8, 4) is 0 Å². The molecule has 0 spiro atoms. The van der Waals surface area contributed by atoms with E-state index in [-0.39, 0.29) is 23.7 Å². The average Bonchev–Trinajstić information content (AvgIpc) is 3.30. The van der Waals surface area contributed by atoms with Crippen molar-refractivity contribution < 1.29 is 13.6 Å². The van der Waals surface area contributed by atoms with Crippen LogP contribution in [0.4, 0.5) is 8.78 Å². The van der Waals surface area contributed by atoms with Gasteiger partial charge in [0.05, 0.1) is 11.3 Å². The lowest BCUT2D eigenvalue weighted by Crippen LogP contribution is -2.12. The van der Waals surface area contributed by atoms with Crippen molar-refractivity contribution in [3.63, 3.8) is 0 Å². The molecule has 208 valence electrons. The number of aryl methyl sites for hydroxylation is 3. The Bertz CT molecular complexity index is 1620. The van der Waals surface area contributed by atoms with Crippen molar-refractivity contribution in [2.24, 2.45) is 10.7 Å². The van der Waals surface area contributed by atoms with E-state index in [9.17, 15) is 13.6 Å². The Morgan fingerprint density at radius 2 is 1.85 bits per heavy atom. The van der Waals surface area contributed by atoms with Gasteiger partial charge in [-0.25, -0.2) is 8.78 Å². The highest BCUT2D eigenvalue weighted by Gasteiger charge is 2.18. The fourth-order valence-electron chi connectivity index (χ4n) is 5.18. The fourth-order valence-corrected chi connectivity index (χ4v) is 5.65. The Kier molecular flexibility index (Phi) is 8.89. The second kappa shape index (κ2) is 12.2. The summed E-state index contributed by atoms with van der Waals surface area (Å²) in [6.07, 6.45) is 2.68. The summed E-state index contributed by atoms with van der Waals surface area (Å²) in [4.78, 5) is 21.1. The molecule has 1 aromatic heterocycles. The van der Waals surface area contributed by atoms with Gasteiger partial charge in [0.2, 0.25) is 5.78 Å². The zero-order valence-corrected chi connectivity index (χ0v) is 24.2. The smallest absolute Gasteiger partial charge is 0.212 e. The lowest BCUT2D eigenvalue weighted by Gasteiger charge is -2.17. The van der Waals surface area contributed by atoms with E-state index < -0.39 is 11.6 Å². The number of halogens is 3. The molecule has 4 nitrogen and oxygen atoms in total. The first-order valence-corrected chi connectivity index (χ1v) is 13.7. The summed E-state index contributed by atoms with van der Waals surface area (Å²) in [6.45, 7) is 10.2. The molecule has 0 aliphatic rings. The minimum atomic E-state index is -0.867. The molecule has 0 aliphatic heterocycles. The second-order valence-corrected chi connectivity index (χ2v) is 10.8. The van der Waals surface area contributed by atoms with Crippen LogP contribution in [0.1, 0.15) is 70.6 Å². The van der Waals surface area contributed by atoms with Gasteiger partial charge >= 0.3 is 0 Å². The first kappa shape index (κ1) is 29.2. The lowest BCUT2D eigenvalue weighted by atomic mass is 9.93. The molecule has 7 heteroatoms. The van der Waals surface area contributed by atoms with Crippen LogP contribution >= 0.6 is 11.6 Å². The summed E-state index contributed by atoms with van der Waals surface area (Å²) in [5, 5.41) is 1.52. The minimum Gasteiger partial charge on any atom is -0.402 e. The van der Waals surface area contributed by atoms with Crippen LogP contribution in [-0.4, -0.2) is 23.5 Å². The van der Waals surface area contributed by atoms with Crippen LogP contribution in [0.2, 0.25) is 5.02 Å². The van der Waals surface area contributed by atoms with Crippen LogP contribution in [0.5, 0.6) is 0 Å². The molecule has 0 bridgehead atoms. The summed E-state index contributed by atoms with van der Waals surface area (Å²) < 4.78 is 27.8. The third kappa shape index (κ3) is 6.18. The molecular formula is C33H34ClF2N3O. The number of rotatable bonds is 9. The number of allylic oxidation sites excluding steroid dienone is 2. The number of nitrogens with one attached hydrogen (secondary N) is 1. The Labute approximate surface area is 239 Å². The van der Waals surface area contributed by atoms with E-state index in [0.717, 1.165) is 40.1 Å². The van der Waals surface area contributed by atoms with Gasteiger partial charge in [0.25, 0.3) is 0 Å². The molecule has 40 heavy (non-hydrogen) atoms. The van der Waals surface area contributed by atoms with Crippen LogP contribution in [0.3, 0.4) is 0 Å². The van der Waals surface area contributed by atoms with Crippen LogP contribution in [0, 0.1) is 25.5 Å². The molecule has 0 radical (unpaired) electrons. The average molecular weight is 562 g/mol. The van der Waals surface area contributed by atoms with E-state index in [1.807, 2.05) is 26.0 Å². The monoisotopic (exact) mass is 561 g/mol. The molecule has 1 unspecified atom stereocenters. The summed E-state index contributed by atoms with van der Waals surface area (Å²) in [5.74, 6) is -1.98. The van der Waals surface area contributed by atoms with Gasteiger partial charge in [-0.05, 0) is 90.9 Å². The van der Waals surface area contributed by atoms with E-state index in [4.69, 9.17) is 17.3 Å². The van der Waals surface area contributed by atoms with Gasteiger partial charge in [-0.2, -0.15) is 0 Å². The quantitative estimate of drug-likeness (QED) is 0.123. The number of Topliss-reactive ketones (excluding diaryl/α,β-unsaturated/α-hetero) is 1. The maximum Gasteiger partial charge on any atom is 0.212 e. The van der Waals surface area contributed by atoms with E-state index in [1.165, 1.54) is 23.4 Å². The van der Waals surface area contributed by atoms with Gasteiger partial charge in [-0.1, -0.05) is 43.6 Å². The first-order chi connectivity index (χ1) is 19.0. The Hall–Kier alpha value is -3.77. The normalized spacial score (nSPS) is 13.2. The molecule has 0 aliphatic carbocycles. The van der Waals surface area contributed by atoms with E-state index in [0.29, 0.717) is 28.5 Å². The molecule has 0 saturated heterocycles. The molecule has 3 aromatic carbocycles. The van der Waals surface area contributed by atoms with Gasteiger partial charge in [-0.3, -0.25) is 9.79 Å². The lowest BCUT2D eigenvalue weighted by molar-refractivity contribution is 0.103. The molecule has 4 aromatic rings.